The predicted octanol–water partition coefficient (Wildman–Crippen LogP) is 3.81. The highest BCUT2D eigenvalue weighted by atomic mass is 19.2. The van der Waals surface area contributed by atoms with E-state index in [0.717, 1.165) is 11.6 Å². The molecule has 0 aromatic heterocycles. The van der Waals surface area contributed by atoms with Crippen LogP contribution in [0.25, 0.3) is 0 Å². The van der Waals surface area contributed by atoms with Gasteiger partial charge in [-0.25, -0.2) is 8.78 Å². The Balaban J connectivity index is 2.18. The summed E-state index contributed by atoms with van der Waals surface area (Å²) in [5, 5.41) is 0. The molecule has 0 bridgehead atoms. The van der Waals surface area contributed by atoms with Gasteiger partial charge in [-0.15, -0.1) is 0 Å². The summed E-state index contributed by atoms with van der Waals surface area (Å²) in [5.41, 5.74) is 7.89. The van der Waals surface area contributed by atoms with Gasteiger partial charge in [-0.3, -0.25) is 0 Å². The molecule has 106 valence electrons. The number of rotatable bonds is 4. The quantitative estimate of drug-likeness (QED) is 0.902. The van der Waals surface area contributed by atoms with Crippen molar-refractivity contribution < 1.29 is 8.78 Å². The topological polar surface area (TPSA) is 26.0 Å². The monoisotopic (exact) mass is 275 g/mol. The maximum Gasteiger partial charge on any atom is 0.159 e. The van der Waals surface area contributed by atoms with Gasteiger partial charge in [0, 0.05) is 11.5 Å². The standard InChI is InChI=1S/C17H19F2N/c1-17(2,13-6-4-3-5-7-13)16(20)11-12-8-9-14(18)15(19)10-12/h3-10,16H,11,20H2,1-2H3. The Bertz CT molecular complexity index is 579. The molecule has 0 heterocycles. The molecule has 1 unspecified atom stereocenters. The molecule has 3 heteroatoms. The van der Waals surface area contributed by atoms with E-state index < -0.39 is 11.6 Å². The van der Waals surface area contributed by atoms with Crippen LogP contribution in [0.2, 0.25) is 0 Å². The molecule has 0 aliphatic carbocycles. The van der Waals surface area contributed by atoms with E-state index in [0.29, 0.717) is 12.0 Å². The van der Waals surface area contributed by atoms with Crippen molar-refractivity contribution in [2.24, 2.45) is 5.73 Å². The zero-order chi connectivity index (χ0) is 14.8. The molecule has 1 atom stereocenters. The Morgan fingerprint density at radius 3 is 2.25 bits per heavy atom. The van der Waals surface area contributed by atoms with Gasteiger partial charge >= 0.3 is 0 Å². The first-order valence-corrected chi connectivity index (χ1v) is 6.66. The van der Waals surface area contributed by atoms with E-state index in [9.17, 15) is 8.78 Å². The summed E-state index contributed by atoms with van der Waals surface area (Å²) in [6, 6.07) is 13.7. The fourth-order valence-electron chi connectivity index (χ4n) is 2.26. The molecule has 0 spiro atoms. The molecule has 0 saturated carbocycles. The minimum Gasteiger partial charge on any atom is -0.327 e. The van der Waals surface area contributed by atoms with E-state index in [1.54, 1.807) is 6.07 Å². The third-order valence-electron chi connectivity index (χ3n) is 3.88. The van der Waals surface area contributed by atoms with E-state index in [1.165, 1.54) is 6.07 Å². The van der Waals surface area contributed by atoms with Crippen molar-refractivity contribution in [3.63, 3.8) is 0 Å². The molecule has 2 N–H and O–H groups in total. The van der Waals surface area contributed by atoms with Gasteiger partial charge in [0.05, 0.1) is 0 Å². The first-order valence-electron chi connectivity index (χ1n) is 6.66. The van der Waals surface area contributed by atoms with Gasteiger partial charge < -0.3 is 5.73 Å². The van der Waals surface area contributed by atoms with Crippen LogP contribution in [-0.4, -0.2) is 6.04 Å². The molecule has 2 aromatic carbocycles. The summed E-state index contributed by atoms with van der Waals surface area (Å²) < 4.78 is 26.2. The van der Waals surface area contributed by atoms with Crippen molar-refractivity contribution in [3.8, 4) is 0 Å². The van der Waals surface area contributed by atoms with E-state index >= 15 is 0 Å². The normalized spacial score (nSPS) is 13.2. The van der Waals surface area contributed by atoms with E-state index in [2.05, 4.69) is 13.8 Å². The highest BCUT2D eigenvalue weighted by molar-refractivity contribution is 5.27. The van der Waals surface area contributed by atoms with Crippen LogP contribution in [0.15, 0.2) is 48.5 Å². The van der Waals surface area contributed by atoms with Gasteiger partial charge in [-0.05, 0) is 29.7 Å². The largest absolute Gasteiger partial charge is 0.327 e. The second-order valence-corrected chi connectivity index (χ2v) is 5.65. The second kappa shape index (κ2) is 5.71. The number of hydrogen-bond acceptors (Lipinski definition) is 1. The molecule has 2 rings (SSSR count). The molecule has 0 radical (unpaired) electrons. The van der Waals surface area contributed by atoms with Crippen LogP contribution in [-0.2, 0) is 11.8 Å². The third kappa shape index (κ3) is 3.05. The molecular formula is C17H19F2N. The van der Waals surface area contributed by atoms with Crippen molar-refractivity contribution in [1.29, 1.82) is 0 Å². The summed E-state index contributed by atoms with van der Waals surface area (Å²) in [5.74, 6) is -1.66. The van der Waals surface area contributed by atoms with Gasteiger partial charge in [0.25, 0.3) is 0 Å². The molecule has 0 fully saturated rings. The van der Waals surface area contributed by atoms with E-state index in [4.69, 9.17) is 5.73 Å². The fourth-order valence-corrected chi connectivity index (χ4v) is 2.26. The lowest BCUT2D eigenvalue weighted by Gasteiger charge is -2.32. The molecule has 0 saturated heterocycles. The van der Waals surface area contributed by atoms with Crippen LogP contribution >= 0.6 is 0 Å². The molecule has 0 aliphatic rings. The summed E-state index contributed by atoms with van der Waals surface area (Å²) in [6.45, 7) is 4.12. The van der Waals surface area contributed by atoms with Crippen molar-refractivity contribution in [2.45, 2.75) is 31.7 Å². The Kier molecular flexibility index (Phi) is 4.19. The zero-order valence-electron chi connectivity index (χ0n) is 11.7. The van der Waals surface area contributed by atoms with Gasteiger partial charge in [-0.1, -0.05) is 50.2 Å². The third-order valence-corrected chi connectivity index (χ3v) is 3.88. The van der Waals surface area contributed by atoms with E-state index in [1.807, 2.05) is 30.3 Å². The SMILES string of the molecule is CC(C)(c1ccccc1)C(N)Cc1ccc(F)c(F)c1. The molecule has 1 nitrogen and oxygen atoms in total. The maximum absolute atomic E-state index is 13.2. The van der Waals surface area contributed by atoms with Crippen LogP contribution in [0.5, 0.6) is 0 Å². The lowest BCUT2D eigenvalue weighted by Crippen LogP contribution is -2.42. The Morgan fingerprint density at radius 1 is 1.00 bits per heavy atom. The van der Waals surface area contributed by atoms with Gasteiger partial charge in [-0.2, -0.15) is 0 Å². The lowest BCUT2D eigenvalue weighted by molar-refractivity contribution is 0.405. The van der Waals surface area contributed by atoms with Gasteiger partial charge in [0.15, 0.2) is 11.6 Å². The van der Waals surface area contributed by atoms with Gasteiger partial charge in [0.2, 0.25) is 0 Å². The van der Waals surface area contributed by atoms with Crippen molar-refractivity contribution in [2.75, 3.05) is 0 Å². The second-order valence-electron chi connectivity index (χ2n) is 5.65. The lowest BCUT2D eigenvalue weighted by atomic mass is 9.76. The number of nitrogens with two attached hydrogens (primary N) is 1. The fraction of sp³-hybridized carbons (Fsp3) is 0.294. The molecule has 20 heavy (non-hydrogen) atoms. The van der Waals surface area contributed by atoms with Crippen molar-refractivity contribution >= 4 is 0 Å². The average Bonchev–Trinajstić information content (AvgIpc) is 2.44. The minimum absolute atomic E-state index is 0.185. The zero-order valence-corrected chi connectivity index (χ0v) is 11.7. The molecule has 2 aromatic rings. The first-order chi connectivity index (χ1) is 9.41. The number of benzene rings is 2. The summed E-state index contributed by atoms with van der Waals surface area (Å²) in [4.78, 5) is 0. The Labute approximate surface area is 118 Å². The predicted molar refractivity (Wildman–Crippen MR) is 77.5 cm³/mol. The summed E-state index contributed by atoms with van der Waals surface area (Å²) in [7, 11) is 0. The van der Waals surface area contributed by atoms with E-state index in [-0.39, 0.29) is 11.5 Å². The maximum atomic E-state index is 13.2. The highest BCUT2D eigenvalue weighted by Crippen LogP contribution is 2.28. The summed E-state index contributed by atoms with van der Waals surface area (Å²) in [6.07, 6.45) is 0.499. The average molecular weight is 275 g/mol. The number of hydrogen-bond donors (Lipinski definition) is 1. The Morgan fingerprint density at radius 2 is 1.65 bits per heavy atom. The van der Waals surface area contributed by atoms with Crippen LogP contribution in [0.1, 0.15) is 25.0 Å². The van der Waals surface area contributed by atoms with Crippen molar-refractivity contribution in [3.05, 3.63) is 71.3 Å². The van der Waals surface area contributed by atoms with Gasteiger partial charge in [0.1, 0.15) is 0 Å². The van der Waals surface area contributed by atoms with Crippen molar-refractivity contribution in [1.82, 2.24) is 0 Å². The van der Waals surface area contributed by atoms with Crippen LogP contribution in [0.3, 0.4) is 0 Å². The van der Waals surface area contributed by atoms with Crippen LogP contribution < -0.4 is 5.73 Å². The number of halogens is 2. The molecular weight excluding hydrogens is 256 g/mol. The van der Waals surface area contributed by atoms with Crippen LogP contribution in [0, 0.1) is 11.6 Å². The Hall–Kier alpha value is -1.74. The van der Waals surface area contributed by atoms with Crippen LogP contribution in [0.4, 0.5) is 8.78 Å². The molecule has 0 aliphatic heterocycles. The minimum atomic E-state index is -0.829. The highest BCUT2D eigenvalue weighted by Gasteiger charge is 2.28. The molecule has 0 amide bonds. The smallest absolute Gasteiger partial charge is 0.159 e. The first kappa shape index (κ1) is 14.7. The summed E-state index contributed by atoms with van der Waals surface area (Å²) >= 11 is 0.